The summed E-state index contributed by atoms with van der Waals surface area (Å²) >= 11 is 0. The second-order valence-corrected chi connectivity index (χ2v) is 5.67. The van der Waals surface area contributed by atoms with Gasteiger partial charge in [0.05, 0.1) is 0 Å². The smallest absolute Gasteiger partial charge is 0.354 e. The summed E-state index contributed by atoms with van der Waals surface area (Å²) in [4.78, 5) is 23.1. The first-order valence-electron chi connectivity index (χ1n) is 6.68. The van der Waals surface area contributed by atoms with Crippen molar-refractivity contribution in [3.05, 3.63) is 41.6 Å². The minimum Gasteiger partial charge on any atom is -0.480 e. The van der Waals surface area contributed by atoms with Gasteiger partial charge in [-0.15, -0.1) is 0 Å². The summed E-state index contributed by atoms with van der Waals surface area (Å²) in [6, 6.07) is 8.26. The Labute approximate surface area is 124 Å². The number of ether oxygens (including phenoxy) is 1. The number of carboxylic acid groups (broad SMARTS) is 1. The molecule has 0 aliphatic carbocycles. The fourth-order valence-electron chi connectivity index (χ4n) is 1.50. The lowest BCUT2D eigenvalue weighted by molar-refractivity contribution is -0.150. The van der Waals surface area contributed by atoms with E-state index in [0.717, 1.165) is 5.56 Å². The number of rotatable bonds is 5. The standard InChI is InChI=1S/C16H21NO4/c1-11(14(18)19)17-13(15(20)21-16(2,3)4)10-12-8-6-5-7-9-12/h5-11,17H,1-4H3,(H,18,19)/b13-10+/t11-/m0/s1. The van der Waals surface area contributed by atoms with E-state index in [9.17, 15) is 9.59 Å². The number of hydrogen-bond donors (Lipinski definition) is 2. The zero-order valence-corrected chi connectivity index (χ0v) is 12.7. The van der Waals surface area contributed by atoms with Crippen LogP contribution in [0.4, 0.5) is 0 Å². The molecule has 0 saturated heterocycles. The lowest BCUT2D eigenvalue weighted by Crippen LogP contribution is -2.38. The highest BCUT2D eigenvalue weighted by Gasteiger charge is 2.22. The molecule has 0 unspecified atom stereocenters. The van der Waals surface area contributed by atoms with Crippen molar-refractivity contribution in [1.29, 1.82) is 0 Å². The molecule has 0 aromatic heterocycles. The second-order valence-electron chi connectivity index (χ2n) is 5.67. The van der Waals surface area contributed by atoms with Crippen molar-refractivity contribution in [3.8, 4) is 0 Å². The van der Waals surface area contributed by atoms with Crippen molar-refractivity contribution >= 4 is 18.0 Å². The summed E-state index contributed by atoms with van der Waals surface area (Å²) in [6.45, 7) is 6.73. The number of carbonyl (C=O) groups is 2. The maximum Gasteiger partial charge on any atom is 0.354 e. The molecule has 0 saturated carbocycles. The molecule has 1 atom stereocenters. The molecule has 0 heterocycles. The summed E-state index contributed by atoms with van der Waals surface area (Å²) in [6.07, 6.45) is 1.58. The van der Waals surface area contributed by atoms with Crippen LogP contribution in [0.5, 0.6) is 0 Å². The first-order valence-corrected chi connectivity index (χ1v) is 6.68. The number of carbonyl (C=O) groups excluding carboxylic acids is 1. The highest BCUT2D eigenvalue weighted by molar-refractivity contribution is 5.94. The first-order chi connectivity index (χ1) is 9.69. The van der Waals surface area contributed by atoms with Crippen LogP contribution in [-0.4, -0.2) is 28.7 Å². The van der Waals surface area contributed by atoms with Crippen LogP contribution >= 0.6 is 0 Å². The van der Waals surface area contributed by atoms with Crippen molar-refractivity contribution < 1.29 is 19.4 Å². The predicted octanol–water partition coefficient (Wildman–Crippen LogP) is 2.43. The van der Waals surface area contributed by atoms with Gasteiger partial charge in [0, 0.05) is 0 Å². The Bertz CT molecular complexity index is 529. The minimum absolute atomic E-state index is 0.117. The first kappa shape index (κ1) is 16.8. The van der Waals surface area contributed by atoms with Crippen molar-refractivity contribution in [1.82, 2.24) is 5.32 Å². The molecular weight excluding hydrogens is 270 g/mol. The Morgan fingerprint density at radius 3 is 2.29 bits per heavy atom. The van der Waals surface area contributed by atoms with Gasteiger partial charge in [-0.3, -0.25) is 4.79 Å². The highest BCUT2D eigenvalue weighted by atomic mass is 16.6. The largest absolute Gasteiger partial charge is 0.480 e. The van der Waals surface area contributed by atoms with Gasteiger partial charge < -0.3 is 15.2 Å². The van der Waals surface area contributed by atoms with E-state index >= 15 is 0 Å². The van der Waals surface area contributed by atoms with Crippen LogP contribution in [0.1, 0.15) is 33.3 Å². The van der Waals surface area contributed by atoms with E-state index in [1.165, 1.54) is 6.92 Å². The normalized spacial score (nSPS) is 13.4. The van der Waals surface area contributed by atoms with Gasteiger partial charge in [-0.2, -0.15) is 0 Å². The van der Waals surface area contributed by atoms with Crippen LogP contribution in [-0.2, 0) is 14.3 Å². The zero-order valence-electron chi connectivity index (χ0n) is 12.7. The summed E-state index contributed by atoms with van der Waals surface area (Å²) in [5.74, 6) is -1.63. The van der Waals surface area contributed by atoms with Gasteiger partial charge in [-0.05, 0) is 39.3 Å². The van der Waals surface area contributed by atoms with Gasteiger partial charge in [0.1, 0.15) is 17.3 Å². The van der Waals surface area contributed by atoms with Crippen LogP contribution < -0.4 is 5.32 Å². The lowest BCUT2D eigenvalue weighted by Gasteiger charge is -2.22. The highest BCUT2D eigenvalue weighted by Crippen LogP contribution is 2.13. The number of carboxylic acids is 1. The molecule has 0 fully saturated rings. The zero-order chi connectivity index (χ0) is 16.0. The van der Waals surface area contributed by atoms with E-state index in [2.05, 4.69) is 5.32 Å². The Balaban J connectivity index is 3.02. The molecule has 0 radical (unpaired) electrons. The molecule has 0 bridgehead atoms. The SMILES string of the molecule is C[C@H](N/C(=C/c1ccccc1)C(=O)OC(C)(C)C)C(=O)O. The third kappa shape index (κ3) is 6.12. The van der Waals surface area contributed by atoms with Crippen molar-refractivity contribution in [2.45, 2.75) is 39.3 Å². The third-order valence-corrected chi connectivity index (χ3v) is 2.47. The fourth-order valence-corrected chi connectivity index (χ4v) is 1.50. The van der Waals surface area contributed by atoms with Gasteiger partial charge in [0.25, 0.3) is 0 Å². The lowest BCUT2D eigenvalue weighted by atomic mass is 10.1. The maximum absolute atomic E-state index is 12.2. The number of hydrogen-bond acceptors (Lipinski definition) is 4. The monoisotopic (exact) mass is 291 g/mol. The molecular formula is C16H21NO4. The molecule has 1 aromatic carbocycles. The van der Waals surface area contributed by atoms with Crippen LogP contribution in [0.25, 0.3) is 6.08 Å². The molecule has 5 nitrogen and oxygen atoms in total. The third-order valence-electron chi connectivity index (χ3n) is 2.47. The number of esters is 1. The fraction of sp³-hybridized carbons (Fsp3) is 0.375. The molecule has 0 aliphatic heterocycles. The van der Waals surface area contributed by atoms with E-state index in [-0.39, 0.29) is 5.70 Å². The molecule has 114 valence electrons. The Morgan fingerprint density at radius 2 is 1.81 bits per heavy atom. The summed E-state index contributed by atoms with van der Waals surface area (Å²) in [5.41, 5.74) is 0.246. The van der Waals surface area contributed by atoms with Gasteiger partial charge in [0.2, 0.25) is 0 Å². The Hall–Kier alpha value is -2.30. The molecule has 0 spiro atoms. The summed E-state index contributed by atoms with van der Waals surface area (Å²) in [5, 5.41) is 11.6. The van der Waals surface area contributed by atoms with Crippen LogP contribution in [0.2, 0.25) is 0 Å². The topological polar surface area (TPSA) is 75.6 Å². The van der Waals surface area contributed by atoms with E-state index < -0.39 is 23.6 Å². The molecule has 5 heteroatoms. The molecule has 2 N–H and O–H groups in total. The van der Waals surface area contributed by atoms with Crippen molar-refractivity contribution in [3.63, 3.8) is 0 Å². The van der Waals surface area contributed by atoms with Gasteiger partial charge >= 0.3 is 11.9 Å². The second kappa shape index (κ2) is 6.92. The van der Waals surface area contributed by atoms with Gasteiger partial charge in [-0.25, -0.2) is 4.79 Å². The summed E-state index contributed by atoms with van der Waals surface area (Å²) < 4.78 is 5.29. The average Bonchev–Trinajstić information content (AvgIpc) is 2.36. The number of benzene rings is 1. The maximum atomic E-state index is 12.2. The van der Waals surface area contributed by atoms with E-state index in [0.29, 0.717) is 0 Å². The van der Waals surface area contributed by atoms with Gasteiger partial charge in [0.15, 0.2) is 0 Å². The Kier molecular flexibility index (Phi) is 5.52. The molecule has 1 rings (SSSR count). The minimum atomic E-state index is -1.04. The predicted molar refractivity (Wildman–Crippen MR) is 80.5 cm³/mol. The molecule has 1 aromatic rings. The average molecular weight is 291 g/mol. The number of aliphatic carboxylic acids is 1. The van der Waals surface area contributed by atoms with Crippen LogP contribution in [0, 0.1) is 0 Å². The molecule has 0 amide bonds. The van der Waals surface area contributed by atoms with Crippen molar-refractivity contribution in [2.24, 2.45) is 0 Å². The van der Waals surface area contributed by atoms with Crippen LogP contribution in [0.3, 0.4) is 0 Å². The van der Waals surface area contributed by atoms with Crippen molar-refractivity contribution in [2.75, 3.05) is 0 Å². The Morgan fingerprint density at radius 1 is 1.24 bits per heavy atom. The van der Waals surface area contributed by atoms with Crippen LogP contribution in [0.15, 0.2) is 36.0 Å². The summed E-state index contributed by atoms with van der Waals surface area (Å²) in [7, 11) is 0. The quantitative estimate of drug-likeness (QED) is 0.643. The van der Waals surface area contributed by atoms with Gasteiger partial charge in [-0.1, -0.05) is 30.3 Å². The van der Waals surface area contributed by atoms with E-state index in [1.807, 2.05) is 30.3 Å². The van der Waals surface area contributed by atoms with E-state index in [4.69, 9.17) is 9.84 Å². The van der Waals surface area contributed by atoms with E-state index in [1.54, 1.807) is 26.8 Å². The molecule has 0 aliphatic rings. The number of nitrogens with one attached hydrogen (secondary N) is 1. The molecule has 21 heavy (non-hydrogen) atoms.